The molecule has 2 nitrogen and oxygen atoms in total. The van der Waals surface area contributed by atoms with Gasteiger partial charge in [-0.1, -0.05) is 12.1 Å². The first-order chi connectivity index (χ1) is 8.36. The van der Waals surface area contributed by atoms with Crippen LogP contribution < -0.4 is 4.74 Å². The fraction of sp³-hybridized carbons (Fsp3) is 0.0714. The molecule has 0 bridgehead atoms. The van der Waals surface area contributed by atoms with E-state index < -0.39 is 0 Å². The Labute approximate surface area is 103 Å². The molecule has 3 rings (SSSR count). The minimum atomic E-state index is 0.856. The van der Waals surface area contributed by atoms with Crippen LogP contribution in [0.15, 0.2) is 52.9 Å². The molecule has 0 amide bonds. The van der Waals surface area contributed by atoms with Crippen molar-refractivity contribution in [3.63, 3.8) is 0 Å². The van der Waals surface area contributed by atoms with Gasteiger partial charge in [-0.3, -0.25) is 0 Å². The van der Waals surface area contributed by atoms with Gasteiger partial charge in [0.05, 0.1) is 12.7 Å². The molecule has 0 N–H and O–H groups in total. The van der Waals surface area contributed by atoms with Crippen LogP contribution in [0.2, 0.25) is 0 Å². The third kappa shape index (κ3) is 1.89. The molecule has 0 atom stereocenters. The van der Waals surface area contributed by atoms with Crippen molar-refractivity contribution in [2.75, 3.05) is 7.11 Å². The minimum Gasteiger partial charge on any atom is -0.497 e. The van der Waals surface area contributed by atoms with Crippen LogP contribution in [0.1, 0.15) is 0 Å². The van der Waals surface area contributed by atoms with Gasteiger partial charge in [0.15, 0.2) is 0 Å². The summed E-state index contributed by atoms with van der Waals surface area (Å²) in [5.41, 5.74) is 2.01. The summed E-state index contributed by atoms with van der Waals surface area (Å²) >= 11 is 1.66. The number of hydrogen-bond donors (Lipinski definition) is 0. The summed E-state index contributed by atoms with van der Waals surface area (Å²) in [5, 5.41) is 0.925. The van der Waals surface area contributed by atoms with E-state index in [0.717, 1.165) is 22.0 Å². The van der Waals surface area contributed by atoms with Crippen LogP contribution in [0.25, 0.3) is 20.9 Å². The van der Waals surface area contributed by atoms with Crippen molar-refractivity contribution in [2.45, 2.75) is 0 Å². The molecule has 0 saturated heterocycles. The van der Waals surface area contributed by atoms with Crippen molar-refractivity contribution in [1.29, 1.82) is 0 Å². The van der Waals surface area contributed by atoms with Crippen LogP contribution in [0.5, 0.6) is 5.75 Å². The van der Waals surface area contributed by atoms with Gasteiger partial charge >= 0.3 is 10.7 Å². The van der Waals surface area contributed by atoms with Gasteiger partial charge in [0.2, 0.25) is 0 Å². The zero-order valence-electron chi connectivity index (χ0n) is 9.34. The van der Waals surface area contributed by atoms with Crippen LogP contribution in [0, 0.1) is 0 Å². The van der Waals surface area contributed by atoms with Crippen molar-refractivity contribution in [3.05, 3.63) is 48.5 Å². The smallest absolute Gasteiger partial charge is 0.418 e. The summed E-state index contributed by atoms with van der Waals surface area (Å²) in [5.74, 6) is 0.856. The number of benzene rings is 2. The second-order valence-electron chi connectivity index (χ2n) is 3.67. The van der Waals surface area contributed by atoms with Gasteiger partial charge in [-0.25, -0.2) is 0 Å². The monoisotopic (exact) mass is 243 g/mol. The molecular formula is C14H11O2S+. The summed E-state index contributed by atoms with van der Waals surface area (Å²) < 4.78 is 12.1. The Morgan fingerprint density at radius 3 is 2.47 bits per heavy atom. The minimum absolute atomic E-state index is 0.856. The number of methoxy groups -OCH3 is 1. The first kappa shape index (κ1) is 10.3. The molecule has 0 radical (unpaired) electrons. The van der Waals surface area contributed by atoms with Gasteiger partial charge in [0.25, 0.3) is 0 Å². The molecule has 84 valence electrons. The molecule has 0 saturated carbocycles. The molecule has 0 spiro atoms. The summed E-state index contributed by atoms with van der Waals surface area (Å²) in [6, 6.07) is 15.9. The second-order valence-corrected chi connectivity index (χ2v) is 4.68. The molecule has 3 heteroatoms. The molecule has 0 aliphatic rings. The van der Waals surface area contributed by atoms with Crippen molar-refractivity contribution in [2.24, 2.45) is 0 Å². The molecular weight excluding hydrogens is 232 g/mol. The lowest BCUT2D eigenvalue weighted by molar-refractivity contribution is 0.415. The van der Waals surface area contributed by atoms with Crippen molar-refractivity contribution in [1.82, 2.24) is 0 Å². The van der Waals surface area contributed by atoms with E-state index in [0.29, 0.717) is 0 Å². The highest BCUT2D eigenvalue weighted by Gasteiger charge is 2.18. The van der Waals surface area contributed by atoms with Gasteiger partial charge in [-0.2, -0.15) is 4.42 Å². The summed E-state index contributed by atoms with van der Waals surface area (Å²) in [4.78, 5) is 0. The van der Waals surface area contributed by atoms with E-state index in [-0.39, 0.29) is 0 Å². The van der Waals surface area contributed by atoms with E-state index in [9.17, 15) is 0 Å². The zero-order valence-corrected chi connectivity index (χ0v) is 10.2. The molecule has 17 heavy (non-hydrogen) atoms. The fourth-order valence-corrected chi connectivity index (χ4v) is 2.63. The van der Waals surface area contributed by atoms with E-state index >= 15 is 0 Å². The van der Waals surface area contributed by atoms with E-state index in [4.69, 9.17) is 9.15 Å². The Morgan fingerprint density at radius 2 is 1.76 bits per heavy atom. The van der Waals surface area contributed by atoms with Gasteiger partial charge in [-0.05, 0) is 41.7 Å². The predicted molar refractivity (Wildman–Crippen MR) is 70.5 cm³/mol. The highest BCUT2D eigenvalue weighted by atomic mass is 32.1. The Hall–Kier alpha value is -1.87. The van der Waals surface area contributed by atoms with Crippen molar-refractivity contribution in [3.8, 4) is 16.4 Å². The first-order valence-corrected chi connectivity index (χ1v) is 6.14. The molecule has 0 aliphatic heterocycles. The van der Waals surface area contributed by atoms with Crippen LogP contribution in [-0.2, 0) is 0 Å². The molecule has 0 fully saturated rings. The molecule has 1 aromatic heterocycles. The van der Waals surface area contributed by atoms with Crippen molar-refractivity contribution < 1.29 is 9.15 Å². The standard InChI is InChI=1S/C14H11O2S/c1-15-11-8-6-10(7-9-11)14-16-12-4-2-3-5-13(12)17-14/h2-9H,1H3/q+1. The number of ether oxygens (including phenoxy) is 1. The zero-order chi connectivity index (χ0) is 11.7. The summed E-state index contributed by atoms with van der Waals surface area (Å²) in [6.07, 6.45) is 0. The molecule has 1 heterocycles. The van der Waals surface area contributed by atoms with Crippen LogP contribution in [0.3, 0.4) is 0 Å². The van der Waals surface area contributed by atoms with Gasteiger partial charge in [0, 0.05) is 6.07 Å². The van der Waals surface area contributed by atoms with Gasteiger partial charge in [-0.15, -0.1) is 0 Å². The maximum Gasteiger partial charge on any atom is 0.418 e. The number of hydrogen-bond acceptors (Lipinski definition) is 2. The molecule has 0 aliphatic carbocycles. The Bertz CT molecular complexity index is 608. The second kappa shape index (κ2) is 4.18. The predicted octanol–water partition coefficient (Wildman–Crippen LogP) is 4.45. The maximum absolute atomic E-state index is 5.81. The Balaban J connectivity index is 2.07. The van der Waals surface area contributed by atoms with Crippen LogP contribution in [0.4, 0.5) is 0 Å². The lowest BCUT2D eigenvalue weighted by Crippen LogP contribution is -1.81. The third-order valence-corrected chi connectivity index (χ3v) is 3.64. The Kier molecular flexibility index (Phi) is 2.53. The highest BCUT2D eigenvalue weighted by molar-refractivity contribution is 7.21. The van der Waals surface area contributed by atoms with Gasteiger partial charge in [0.1, 0.15) is 10.4 Å². The van der Waals surface area contributed by atoms with E-state index in [1.165, 1.54) is 4.70 Å². The third-order valence-electron chi connectivity index (χ3n) is 2.58. The molecule has 0 unspecified atom stereocenters. The number of fused-ring (bicyclic) bond motifs is 1. The number of rotatable bonds is 2. The topological polar surface area (TPSA) is 20.5 Å². The average molecular weight is 243 g/mol. The maximum atomic E-state index is 5.81. The van der Waals surface area contributed by atoms with E-state index in [2.05, 4.69) is 6.07 Å². The summed E-state index contributed by atoms with van der Waals surface area (Å²) in [6.45, 7) is 0. The Morgan fingerprint density at radius 1 is 1.00 bits per heavy atom. The molecule has 2 aromatic carbocycles. The SMILES string of the molecule is COc1ccc(-c2[o+]c3ccccc3s2)cc1. The first-order valence-electron chi connectivity index (χ1n) is 5.33. The summed E-state index contributed by atoms with van der Waals surface area (Å²) in [7, 11) is 1.67. The fourth-order valence-electron chi connectivity index (χ4n) is 1.68. The van der Waals surface area contributed by atoms with E-state index in [1.54, 1.807) is 18.4 Å². The normalized spacial score (nSPS) is 10.6. The van der Waals surface area contributed by atoms with Crippen LogP contribution >= 0.6 is 11.3 Å². The molecule has 3 aromatic rings. The van der Waals surface area contributed by atoms with Crippen LogP contribution in [-0.4, -0.2) is 7.11 Å². The number of para-hydroxylation sites is 1. The lowest BCUT2D eigenvalue weighted by Gasteiger charge is -1.96. The van der Waals surface area contributed by atoms with Crippen molar-refractivity contribution >= 4 is 21.6 Å². The largest absolute Gasteiger partial charge is 0.497 e. The van der Waals surface area contributed by atoms with E-state index in [1.807, 2.05) is 42.5 Å². The lowest BCUT2D eigenvalue weighted by atomic mass is 10.2. The average Bonchev–Trinajstić information content (AvgIpc) is 2.82. The highest BCUT2D eigenvalue weighted by Crippen LogP contribution is 2.33. The van der Waals surface area contributed by atoms with Gasteiger partial charge < -0.3 is 4.74 Å². The quantitative estimate of drug-likeness (QED) is 0.620.